The van der Waals surface area contributed by atoms with Crippen LogP contribution in [-0.2, 0) is 6.42 Å². The Morgan fingerprint density at radius 2 is 1.86 bits per heavy atom. The minimum absolute atomic E-state index is 0.761. The number of methoxy groups -OCH3 is 2. The zero-order chi connectivity index (χ0) is 15.8. The third-order valence-electron chi connectivity index (χ3n) is 3.92. The van der Waals surface area contributed by atoms with E-state index in [9.17, 15) is 0 Å². The molecule has 2 N–H and O–H groups in total. The fraction of sp³-hybridized carbons (Fsp3) is 0.588. The van der Waals surface area contributed by atoms with Gasteiger partial charge in [-0.25, -0.2) is 0 Å². The molecule has 1 fully saturated rings. The second-order valence-corrected chi connectivity index (χ2v) is 5.60. The third-order valence-corrected chi connectivity index (χ3v) is 3.92. The summed E-state index contributed by atoms with van der Waals surface area (Å²) in [6, 6.07) is 6.02. The molecular formula is C17H27N3O2. The number of benzene rings is 1. The Bertz CT molecular complexity index is 499. The number of rotatable bonds is 8. The zero-order valence-corrected chi connectivity index (χ0v) is 13.8. The summed E-state index contributed by atoms with van der Waals surface area (Å²) in [5.41, 5.74) is 1.21. The van der Waals surface area contributed by atoms with Crippen molar-refractivity contribution in [3.8, 4) is 11.5 Å². The first-order valence-electron chi connectivity index (χ1n) is 7.92. The largest absolute Gasteiger partial charge is 0.493 e. The Morgan fingerprint density at radius 1 is 1.14 bits per heavy atom. The van der Waals surface area contributed by atoms with Crippen LogP contribution in [0.5, 0.6) is 11.5 Å². The summed E-state index contributed by atoms with van der Waals surface area (Å²) < 4.78 is 10.6. The lowest BCUT2D eigenvalue weighted by Crippen LogP contribution is -2.38. The van der Waals surface area contributed by atoms with Crippen molar-refractivity contribution in [1.29, 1.82) is 0 Å². The molecule has 1 aromatic rings. The number of nitrogens with zero attached hydrogens (tertiary/aromatic N) is 1. The van der Waals surface area contributed by atoms with Gasteiger partial charge < -0.3 is 20.1 Å². The van der Waals surface area contributed by atoms with Gasteiger partial charge in [-0.2, -0.15) is 0 Å². The van der Waals surface area contributed by atoms with Crippen LogP contribution < -0.4 is 20.1 Å². The predicted molar refractivity (Wildman–Crippen MR) is 90.0 cm³/mol. The standard InChI is InChI=1S/C17H27N3O2/c1-18-17(19-10-8-13-4-5-13)20-11-9-14-6-7-15(21-2)16(12-14)22-3/h6-7,12-13H,4-5,8-11H2,1-3H3,(H2,18,19,20). The molecule has 0 bridgehead atoms. The SMILES string of the molecule is CN=C(NCCc1ccc(OC)c(OC)c1)NCCC1CC1. The van der Waals surface area contributed by atoms with Crippen molar-refractivity contribution in [3.05, 3.63) is 23.8 Å². The van der Waals surface area contributed by atoms with Gasteiger partial charge in [-0.3, -0.25) is 4.99 Å². The summed E-state index contributed by atoms with van der Waals surface area (Å²) in [4.78, 5) is 4.25. The Labute approximate surface area is 133 Å². The minimum atomic E-state index is 0.761. The Morgan fingerprint density at radius 3 is 2.50 bits per heavy atom. The molecule has 2 rings (SSSR count). The Kier molecular flexibility index (Phi) is 6.37. The van der Waals surface area contributed by atoms with Gasteiger partial charge in [0.05, 0.1) is 14.2 Å². The first-order valence-corrected chi connectivity index (χ1v) is 7.92. The van der Waals surface area contributed by atoms with E-state index in [1.54, 1.807) is 14.2 Å². The highest BCUT2D eigenvalue weighted by molar-refractivity contribution is 5.79. The maximum atomic E-state index is 5.33. The molecule has 5 nitrogen and oxygen atoms in total. The molecule has 0 spiro atoms. The molecule has 0 radical (unpaired) electrons. The third kappa shape index (κ3) is 5.13. The van der Waals surface area contributed by atoms with Crippen LogP contribution >= 0.6 is 0 Å². The predicted octanol–water partition coefficient (Wildman–Crippen LogP) is 2.21. The molecule has 1 aromatic carbocycles. The van der Waals surface area contributed by atoms with Gasteiger partial charge in [-0.15, -0.1) is 0 Å². The first kappa shape index (κ1) is 16.5. The van der Waals surface area contributed by atoms with E-state index >= 15 is 0 Å². The number of hydrogen-bond acceptors (Lipinski definition) is 3. The Hall–Kier alpha value is -1.91. The van der Waals surface area contributed by atoms with Crippen molar-refractivity contribution < 1.29 is 9.47 Å². The molecule has 0 atom stereocenters. The second-order valence-electron chi connectivity index (χ2n) is 5.60. The first-order chi connectivity index (χ1) is 10.8. The van der Waals surface area contributed by atoms with Crippen LogP contribution in [0.15, 0.2) is 23.2 Å². The number of hydrogen-bond donors (Lipinski definition) is 2. The summed E-state index contributed by atoms with van der Waals surface area (Å²) in [6.45, 7) is 1.83. The van der Waals surface area contributed by atoms with Crippen LogP contribution in [0.25, 0.3) is 0 Å². The molecule has 0 amide bonds. The van der Waals surface area contributed by atoms with Crippen LogP contribution in [0.1, 0.15) is 24.8 Å². The molecule has 0 aromatic heterocycles. The zero-order valence-electron chi connectivity index (χ0n) is 13.8. The fourth-order valence-corrected chi connectivity index (χ4v) is 2.38. The minimum Gasteiger partial charge on any atom is -0.493 e. The molecule has 1 aliphatic carbocycles. The number of aliphatic imine (C=N–C) groups is 1. The van der Waals surface area contributed by atoms with Crippen LogP contribution in [0.4, 0.5) is 0 Å². The van der Waals surface area contributed by atoms with Crippen LogP contribution in [0.3, 0.4) is 0 Å². The summed E-state index contributed by atoms with van der Waals surface area (Å²) >= 11 is 0. The van der Waals surface area contributed by atoms with Crippen molar-refractivity contribution in [1.82, 2.24) is 10.6 Å². The molecule has 0 heterocycles. The number of guanidine groups is 1. The number of nitrogens with one attached hydrogen (secondary N) is 2. The van der Waals surface area contributed by atoms with Crippen LogP contribution in [0.2, 0.25) is 0 Å². The molecule has 5 heteroatoms. The van der Waals surface area contributed by atoms with Crippen molar-refractivity contribution >= 4 is 5.96 Å². The number of ether oxygens (including phenoxy) is 2. The van der Waals surface area contributed by atoms with Crippen molar-refractivity contribution in [3.63, 3.8) is 0 Å². The van der Waals surface area contributed by atoms with Crippen molar-refractivity contribution in [2.24, 2.45) is 10.9 Å². The highest BCUT2D eigenvalue weighted by Crippen LogP contribution is 2.31. The van der Waals surface area contributed by atoms with E-state index in [1.807, 2.05) is 19.2 Å². The van der Waals surface area contributed by atoms with Gasteiger partial charge in [0, 0.05) is 20.1 Å². The molecule has 0 saturated heterocycles. The van der Waals surface area contributed by atoms with Gasteiger partial charge in [0.2, 0.25) is 0 Å². The second kappa shape index (κ2) is 8.51. The lowest BCUT2D eigenvalue weighted by molar-refractivity contribution is 0.354. The van der Waals surface area contributed by atoms with E-state index in [4.69, 9.17) is 9.47 Å². The normalized spacial score (nSPS) is 14.6. The maximum Gasteiger partial charge on any atom is 0.190 e. The van der Waals surface area contributed by atoms with Gasteiger partial charge in [0.1, 0.15) is 0 Å². The molecule has 0 unspecified atom stereocenters. The van der Waals surface area contributed by atoms with Crippen LogP contribution in [0, 0.1) is 5.92 Å². The topological polar surface area (TPSA) is 54.9 Å². The van der Waals surface area contributed by atoms with E-state index in [0.29, 0.717) is 0 Å². The fourth-order valence-electron chi connectivity index (χ4n) is 2.38. The molecule has 1 saturated carbocycles. The Balaban J connectivity index is 1.74. The highest BCUT2D eigenvalue weighted by Gasteiger charge is 2.20. The smallest absolute Gasteiger partial charge is 0.190 e. The van der Waals surface area contributed by atoms with Gasteiger partial charge in [0.15, 0.2) is 17.5 Å². The van der Waals surface area contributed by atoms with Gasteiger partial charge in [-0.05, 0) is 36.5 Å². The van der Waals surface area contributed by atoms with E-state index in [2.05, 4.69) is 21.7 Å². The maximum absolute atomic E-state index is 5.33. The molecular weight excluding hydrogens is 278 g/mol. The van der Waals surface area contributed by atoms with Gasteiger partial charge >= 0.3 is 0 Å². The average Bonchev–Trinajstić information content (AvgIpc) is 3.37. The average molecular weight is 305 g/mol. The molecule has 0 aliphatic heterocycles. The molecule has 22 heavy (non-hydrogen) atoms. The summed E-state index contributed by atoms with van der Waals surface area (Å²) in [5, 5.41) is 6.71. The van der Waals surface area contributed by atoms with Crippen molar-refractivity contribution in [2.45, 2.75) is 25.7 Å². The monoisotopic (exact) mass is 305 g/mol. The van der Waals surface area contributed by atoms with E-state index < -0.39 is 0 Å². The lowest BCUT2D eigenvalue weighted by atomic mass is 10.1. The quantitative estimate of drug-likeness (QED) is 0.571. The highest BCUT2D eigenvalue weighted by atomic mass is 16.5. The van der Waals surface area contributed by atoms with Crippen LogP contribution in [-0.4, -0.2) is 40.3 Å². The van der Waals surface area contributed by atoms with E-state index in [-0.39, 0.29) is 0 Å². The summed E-state index contributed by atoms with van der Waals surface area (Å²) in [6.07, 6.45) is 4.94. The summed E-state index contributed by atoms with van der Waals surface area (Å²) in [5.74, 6) is 3.35. The van der Waals surface area contributed by atoms with Crippen molar-refractivity contribution in [2.75, 3.05) is 34.4 Å². The van der Waals surface area contributed by atoms with Gasteiger partial charge in [0.25, 0.3) is 0 Å². The molecule has 1 aliphatic rings. The van der Waals surface area contributed by atoms with E-state index in [1.165, 1.54) is 24.8 Å². The van der Waals surface area contributed by atoms with Gasteiger partial charge in [-0.1, -0.05) is 18.9 Å². The molecule has 122 valence electrons. The summed E-state index contributed by atoms with van der Waals surface area (Å²) in [7, 11) is 5.12. The van der Waals surface area contributed by atoms with E-state index in [0.717, 1.165) is 42.9 Å². The lowest BCUT2D eigenvalue weighted by Gasteiger charge is -2.13.